The molecule has 1 amide bonds. The summed E-state index contributed by atoms with van der Waals surface area (Å²) in [7, 11) is 1.63. The first-order valence-electron chi connectivity index (χ1n) is 10.1. The number of nitrogens with one attached hydrogen (secondary N) is 2. The Labute approximate surface area is 188 Å². The maximum Gasteiger partial charge on any atom is 0.226 e. The Morgan fingerprint density at radius 2 is 1.68 bits per heavy atom. The summed E-state index contributed by atoms with van der Waals surface area (Å²) < 4.78 is 11.4. The highest BCUT2D eigenvalue weighted by Gasteiger charge is 2.08. The van der Waals surface area contributed by atoms with Crippen LogP contribution in [0.2, 0.25) is 5.02 Å². The Morgan fingerprint density at radius 3 is 2.35 bits per heavy atom. The monoisotopic (exact) mass is 438 g/mol. The summed E-state index contributed by atoms with van der Waals surface area (Å²) >= 11 is 6.03. The summed E-state index contributed by atoms with van der Waals surface area (Å²) in [5.41, 5.74) is 3.80. The van der Waals surface area contributed by atoms with Crippen LogP contribution < -0.4 is 20.1 Å². The first-order chi connectivity index (χ1) is 14.9. The largest absolute Gasteiger partial charge is 0.493 e. The number of benzene rings is 3. The summed E-state index contributed by atoms with van der Waals surface area (Å²) in [6.45, 7) is 4.77. The number of carbonyl (C=O) groups excluding carboxylic acids is 1. The molecule has 6 heteroatoms. The molecule has 0 bridgehead atoms. The minimum atomic E-state index is -0.0507. The molecule has 0 spiro atoms. The Hall–Kier alpha value is -3.18. The maximum absolute atomic E-state index is 11.8. The van der Waals surface area contributed by atoms with Crippen molar-refractivity contribution >= 4 is 28.9 Å². The van der Waals surface area contributed by atoms with Crippen LogP contribution in [0.3, 0.4) is 0 Å². The van der Waals surface area contributed by atoms with E-state index in [0.717, 1.165) is 22.5 Å². The molecule has 0 heterocycles. The summed E-state index contributed by atoms with van der Waals surface area (Å²) in [5, 5.41) is 6.95. The lowest BCUT2D eigenvalue weighted by Crippen LogP contribution is -2.17. The third kappa shape index (κ3) is 6.66. The fourth-order valence-electron chi connectivity index (χ4n) is 2.89. The van der Waals surface area contributed by atoms with Crippen molar-refractivity contribution in [1.29, 1.82) is 0 Å². The molecule has 3 aromatic rings. The Bertz CT molecular complexity index is 1020. The fourth-order valence-corrected chi connectivity index (χ4v) is 3.10. The minimum Gasteiger partial charge on any atom is -0.493 e. The highest BCUT2D eigenvalue weighted by molar-refractivity contribution is 6.30. The predicted molar refractivity (Wildman–Crippen MR) is 126 cm³/mol. The molecule has 0 aliphatic heterocycles. The number of rotatable bonds is 9. The molecule has 0 fully saturated rings. The number of hydrogen-bond donors (Lipinski definition) is 2. The summed E-state index contributed by atoms with van der Waals surface area (Å²) in [4.78, 5) is 11.8. The van der Waals surface area contributed by atoms with E-state index in [1.165, 1.54) is 0 Å². The third-order valence-corrected chi connectivity index (χ3v) is 4.92. The van der Waals surface area contributed by atoms with E-state index in [4.69, 9.17) is 21.1 Å². The lowest BCUT2D eigenvalue weighted by molar-refractivity contribution is -0.118. The van der Waals surface area contributed by atoms with Crippen molar-refractivity contribution in [1.82, 2.24) is 0 Å². The van der Waals surface area contributed by atoms with Crippen molar-refractivity contribution in [2.75, 3.05) is 17.7 Å². The average molecular weight is 439 g/mol. The van der Waals surface area contributed by atoms with Gasteiger partial charge in [-0.3, -0.25) is 4.79 Å². The molecule has 3 aromatic carbocycles. The second-order valence-corrected chi connectivity index (χ2v) is 7.92. The van der Waals surface area contributed by atoms with Gasteiger partial charge in [0.05, 0.1) is 7.11 Å². The molecular weight excluding hydrogens is 412 g/mol. The number of ether oxygens (including phenoxy) is 2. The van der Waals surface area contributed by atoms with E-state index in [2.05, 4.69) is 10.6 Å². The van der Waals surface area contributed by atoms with Crippen LogP contribution in [0.25, 0.3) is 0 Å². The highest BCUT2D eigenvalue weighted by Crippen LogP contribution is 2.29. The van der Waals surface area contributed by atoms with Crippen LogP contribution in [0.5, 0.6) is 11.5 Å². The molecule has 0 aliphatic carbocycles. The molecule has 5 nitrogen and oxygen atoms in total. The van der Waals surface area contributed by atoms with Gasteiger partial charge in [0.2, 0.25) is 5.91 Å². The van der Waals surface area contributed by atoms with Crippen molar-refractivity contribution in [2.45, 2.75) is 27.0 Å². The van der Waals surface area contributed by atoms with Crippen molar-refractivity contribution < 1.29 is 14.3 Å². The van der Waals surface area contributed by atoms with Gasteiger partial charge in [0.25, 0.3) is 0 Å². The Morgan fingerprint density at radius 1 is 0.935 bits per heavy atom. The van der Waals surface area contributed by atoms with E-state index >= 15 is 0 Å². The van der Waals surface area contributed by atoms with Gasteiger partial charge < -0.3 is 20.1 Å². The molecule has 0 saturated carbocycles. The van der Waals surface area contributed by atoms with Gasteiger partial charge in [0.1, 0.15) is 6.61 Å². The molecular formula is C25H27ClN2O3. The smallest absolute Gasteiger partial charge is 0.226 e. The van der Waals surface area contributed by atoms with Crippen LogP contribution in [0.4, 0.5) is 11.4 Å². The van der Waals surface area contributed by atoms with Crippen molar-refractivity contribution in [3.63, 3.8) is 0 Å². The number of anilines is 2. The predicted octanol–water partition coefficient (Wildman–Crippen LogP) is 6.13. The van der Waals surface area contributed by atoms with E-state index in [-0.39, 0.29) is 11.8 Å². The molecule has 0 aliphatic rings. The first-order valence-corrected chi connectivity index (χ1v) is 10.5. The van der Waals surface area contributed by atoms with Crippen LogP contribution in [0, 0.1) is 5.92 Å². The van der Waals surface area contributed by atoms with Crippen molar-refractivity contribution in [3.8, 4) is 11.5 Å². The Kier molecular flexibility index (Phi) is 7.79. The van der Waals surface area contributed by atoms with Gasteiger partial charge in [0.15, 0.2) is 11.5 Å². The number of methoxy groups -OCH3 is 1. The molecule has 0 unspecified atom stereocenters. The Balaban J connectivity index is 1.57. The van der Waals surface area contributed by atoms with Gasteiger partial charge in [-0.05, 0) is 59.7 Å². The summed E-state index contributed by atoms with van der Waals surface area (Å²) in [6.07, 6.45) is 0. The number of halogens is 1. The zero-order valence-corrected chi connectivity index (χ0v) is 18.7. The van der Waals surface area contributed by atoms with E-state index in [0.29, 0.717) is 29.7 Å². The molecule has 2 N–H and O–H groups in total. The first kappa shape index (κ1) is 22.5. The maximum atomic E-state index is 11.8. The van der Waals surface area contributed by atoms with Gasteiger partial charge in [-0.2, -0.15) is 0 Å². The molecule has 0 radical (unpaired) electrons. The van der Waals surface area contributed by atoms with E-state index < -0.39 is 0 Å². The number of carbonyl (C=O) groups is 1. The number of amides is 1. The second-order valence-electron chi connectivity index (χ2n) is 7.48. The van der Waals surface area contributed by atoms with Crippen LogP contribution in [0.1, 0.15) is 25.0 Å². The van der Waals surface area contributed by atoms with E-state index in [1.807, 2.05) is 80.6 Å². The lowest BCUT2D eigenvalue weighted by Gasteiger charge is -2.14. The average Bonchev–Trinajstić information content (AvgIpc) is 2.77. The topological polar surface area (TPSA) is 59.6 Å². The quantitative estimate of drug-likeness (QED) is 0.421. The molecule has 0 saturated heterocycles. The van der Waals surface area contributed by atoms with Gasteiger partial charge >= 0.3 is 0 Å². The fraction of sp³-hybridized carbons (Fsp3) is 0.240. The van der Waals surface area contributed by atoms with Gasteiger partial charge in [-0.15, -0.1) is 0 Å². The van der Waals surface area contributed by atoms with Crippen LogP contribution in [0.15, 0.2) is 66.7 Å². The van der Waals surface area contributed by atoms with Crippen LogP contribution in [-0.4, -0.2) is 13.0 Å². The third-order valence-electron chi connectivity index (χ3n) is 4.68. The van der Waals surface area contributed by atoms with Crippen molar-refractivity contribution in [3.05, 3.63) is 82.9 Å². The van der Waals surface area contributed by atoms with Crippen molar-refractivity contribution in [2.24, 2.45) is 5.92 Å². The summed E-state index contributed by atoms with van der Waals surface area (Å²) in [6, 6.07) is 21.1. The SMILES string of the molecule is COc1cc(CNc2ccc(NC(=O)C(C)C)cc2)ccc1OCc1cccc(Cl)c1. The second kappa shape index (κ2) is 10.7. The molecule has 31 heavy (non-hydrogen) atoms. The van der Waals surface area contributed by atoms with E-state index in [9.17, 15) is 4.79 Å². The summed E-state index contributed by atoms with van der Waals surface area (Å²) in [5.74, 6) is 1.31. The highest BCUT2D eigenvalue weighted by atomic mass is 35.5. The standard InChI is InChI=1S/C25H27ClN2O3/c1-17(2)25(29)28-22-10-8-21(9-11-22)27-15-18-7-12-23(24(14-18)30-3)31-16-19-5-4-6-20(26)13-19/h4-14,17,27H,15-16H2,1-3H3,(H,28,29). The van der Waals surface area contributed by atoms with E-state index in [1.54, 1.807) is 7.11 Å². The zero-order valence-electron chi connectivity index (χ0n) is 17.9. The lowest BCUT2D eigenvalue weighted by atomic mass is 10.2. The van der Waals surface area contributed by atoms with Gasteiger partial charge in [-0.25, -0.2) is 0 Å². The molecule has 0 atom stereocenters. The zero-order chi connectivity index (χ0) is 22.2. The van der Waals surface area contributed by atoms with Crippen LogP contribution in [-0.2, 0) is 17.9 Å². The minimum absolute atomic E-state index is 0.00507. The van der Waals surface area contributed by atoms with Crippen LogP contribution >= 0.6 is 11.6 Å². The molecule has 0 aromatic heterocycles. The van der Waals surface area contributed by atoms with Gasteiger partial charge in [-0.1, -0.05) is 43.6 Å². The molecule has 162 valence electrons. The normalized spacial score (nSPS) is 10.6. The number of hydrogen-bond acceptors (Lipinski definition) is 4. The molecule has 3 rings (SSSR count). The van der Waals surface area contributed by atoms with Gasteiger partial charge in [0, 0.05) is 28.9 Å².